The second kappa shape index (κ2) is 5.56. The number of carbonyl (C=O) groups is 2. The molecule has 1 aromatic carbocycles. The summed E-state index contributed by atoms with van der Waals surface area (Å²) >= 11 is 0. The van der Waals surface area contributed by atoms with Crippen molar-refractivity contribution in [2.75, 3.05) is 0 Å². The topological polar surface area (TPSA) is 82.2 Å². The van der Waals surface area contributed by atoms with Crippen LogP contribution in [0.2, 0.25) is 0 Å². The average molecular weight is 260 g/mol. The molecule has 1 atom stereocenters. The molecule has 0 aliphatic carbocycles. The Morgan fingerprint density at radius 3 is 2.79 bits per heavy atom. The van der Waals surface area contributed by atoms with Crippen molar-refractivity contribution in [2.24, 2.45) is 0 Å². The number of amides is 1. The molecule has 0 fully saturated rings. The average Bonchev–Trinajstić information content (AvgIpc) is 2.77. The van der Waals surface area contributed by atoms with Crippen molar-refractivity contribution in [3.05, 3.63) is 36.0 Å². The molecule has 1 amide bonds. The summed E-state index contributed by atoms with van der Waals surface area (Å²) in [6, 6.07) is 7.46. The van der Waals surface area contributed by atoms with Crippen LogP contribution in [0.4, 0.5) is 0 Å². The minimum Gasteiger partial charge on any atom is -0.481 e. The fourth-order valence-corrected chi connectivity index (χ4v) is 2.20. The van der Waals surface area contributed by atoms with Crippen LogP contribution in [0, 0.1) is 0 Å². The van der Waals surface area contributed by atoms with E-state index in [0.29, 0.717) is 6.42 Å². The lowest BCUT2D eigenvalue weighted by atomic mass is 10.0. The molecule has 1 heterocycles. The van der Waals surface area contributed by atoms with Gasteiger partial charge in [0, 0.05) is 30.4 Å². The number of para-hydroxylation sites is 1. The van der Waals surface area contributed by atoms with Crippen LogP contribution in [-0.4, -0.2) is 22.0 Å². The Bertz CT molecular complexity index is 604. The van der Waals surface area contributed by atoms with E-state index in [1.165, 1.54) is 6.92 Å². The summed E-state index contributed by atoms with van der Waals surface area (Å²) in [4.78, 5) is 25.1. The van der Waals surface area contributed by atoms with E-state index in [1.54, 1.807) is 0 Å². The standard InChI is InChI=1S/C14H16N2O3/c1-9(17)16-13(6-7-14(18)19)11-8-15-12-5-3-2-4-10(11)12/h2-5,8,13,15H,6-7H2,1H3,(H,16,17)(H,18,19). The third-order valence-electron chi connectivity index (χ3n) is 3.02. The number of benzene rings is 1. The quantitative estimate of drug-likeness (QED) is 0.770. The Hall–Kier alpha value is -2.30. The molecular weight excluding hydrogens is 244 g/mol. The number of rotatable bonds is 5. The number of fused-ring (bicyclic) bond motifs is 1. The SMILES string of the molecule is CC(=O)NC(CCC(=O)O)c1c[nH]c2ccccc12. The summed E-state index contributed by atoms with van der Waals surface area (Å²) < 4.78 is 0. The number of aromatic amines is 1. The molecule has 5 heteroatoms. The Morgan fingerprint density at radius 2 is 2.11 bits per heavy atom. The van der Waals surface area contributed by atoms with Crippen LogP contribution in [0.5, 0.6) is 0 Å². The third-order valence-corrected chi connectivity index (χ3v) is 3.02. The van der Waals surface area contributed by atoms with Gasteiger partial charge in [0.05, 0.1) is 6.04 Å². The van der Waals surface area contributed by atoms with Crippen LogP contribution in [0.15, 0.2) is 30.5 Å². The number of aromatic nitrogens is 1. The molecule has 2 aromatic rings. The summed E-state index contributed by atoms with van der Waals surface area (Å²) in [5.74, 6) is -1.03. The highest BCUT2D eigenvalue weighted by Crippen LogP contribution is 2.26. The van der Waals surface area contributed by atoms with Crippen molar-refractivity contribution in [2.45, 2.75) is 25.8 Å². The van der Waals surface area contributed by atoms with Crippen molar-refractivity contribution in [1.82, 2.24) is 10.3 Å². The smallest absolute Gasteiger partial charge is 0.303 e. The van der Waals surface area contributed by atoms with Gasteiger partial charge in [-0.3, -0.25) is 9.59 Å². The second-order valence-electron chi connectivity index (χ2n) is 4.48. The predicted molar refractivity (Wildman–Crippen MR) is 71.7 cm³/mol. The van der Waals surface area contributed by atoms with Crippen molar-refractivity contribution >= 4 is 22.8 Å². The zero-order valence-electron chi connectivity index (χ0n) is 10.6. The fraction of sp³-hybridized carbons (Fsp3) is 0.286. The summed E-state index contributed by atoms with van der Waals surface area (Å²) in [6.45, 7) is 1.43. The number of H-pyrrole nitrogens is 1. The molecule has 0 radical (unpaired) electrons. The van der Waals surface area contributed by atoms with E-state index in [4.69, 9.17) is 5.11 Å². The van der Waals surface area contributed by atoms with Crippen LogP contribution in [0.1, 0.15) is 31.4 Å². The van der Waals surface area contributed by atoms with E-state index in [2.05, 4.69) is 10.3 Å². The molecule has 19 heavy (non-hydrogen) atoms. The van der Waals surface area contributed by atoms with E-state index in [-0.39, 0.29) is 18.4 Å². The van der Waals surface area contributed by atoms with Gasteiger partial charge in [-0.2, -0.15) is 0 Å². The largest absolute Gasteiger partial charge is 0.481 e. The maximum atomic E-state index is 11.3. The second-order valence-corrected chi connectivity index (χ2v) is 4.48. The van der Waals surface area contributed by atoms with Gasteiger partial charge in [-0.25, -0.2) is 0 Å². The van der Waals surface area contributed by atoms with Crippen molar-refractivity contribution in [3.63, 3.8) is 0 Å². The van der Waals surface area contributed by atoms with E-state index < -0.39 is 5.97 Å². The first kappa shape index (κ1) is 13.1. The highest BCUT2D eigenvalue weighted by molar-refractivity contribution is 5.84. The Labute approximate surface area is 110 Å². The first-order chi connectivity index (χ1) is 9.08. The van der Waals surface area contributed by atoms with E-state index in [1.807, 2.05) is 30.5 Å². The van der Waals surface area contributed by atoms with E-state index in [9.17, 15) is 9.59 Å². The van der Waals surface area contributed by atoms with Crippen LogP contribution in [0.25, 0.3) is 10.9 Å². The number of carboxylic acid groups (broad SMARTS) is 1. The predicted octanol–water partition coefficient (Wildman–Crippen LogP) is 2.21. The summed E-state index contributed by atoms with van der Waals surface area (Å²) in [5, 5.41) is 12.6. The van der Waals surface area contributed by atoms with Crippen LogP contribution in [0.3, 0.4) is 0 Å². The molecule has 1 unspecified atom stereocenters. The first-order valence-electron chi connectivity index (χ1n) is 6.13. The van der Waals surface area contributed by atoms with Crippen molar-refractivity contribution in [1.29, 1.82) is 0 Å². The monoisotopic (exact) mass is 260 g/mol. The lowest BCUT2D eigenvalue weighted by Gasteiger charge is -2.16. The van der Waals surface area contributed by atoms with Gasteiger partial charge in [-0.15, -0.1) is 0 Å². The van der Waals surface area contributed by atoms with Crippen molar-refractivity contribution in [3.8, 4) is 0 Å². The summed E-state index contributed by atoms with van der Waals surface area (Å²) in [7, 11) is 0. The molecule has 0 spiro atoms. The fourth-order valence-electron chi connectivity index (χ4n) is 2.20. The Morgan fingerprint density at radius 1 is 1.37 bits per heavy atom. The number of hydrogen-bond acceptors (Lipinski definition) is 2. The third kappa shape index (κ3) is 3.13. The molecular formula is C14H16N2O3. The van der Waals surface area contributed by atoms with Gasteiger partial charge in [0.1, 0.15) is 0 Å². The Kier molecular flexibility index (Phi) is 3.85. The maximum absolute atomic E-state index is 11.3. The number of carboxylic acids is 1. The molecule has 100 valence electrons. The van der Waals surface area contributed by atoms with Gasteiger partial charge < -0.3 is 15.4 Å². The van der Waals surface area contributed by atoms with Gasteiger partial charge in [0.25, 0.3) is 0 Å². The highest BCUT2D eigenvalue weighted by Gasteiger charge is 2.17. The van der Waals surface area contributed by atoms with Crippen LogP contribution in [-0.2, 0) is 9.59 Å². The van der Waals surface area contributed by atoms with E-state index in [0.717, 1.165) is 16.5 Å². The molecule has 0 saturated heterocycles. The van der Waals surface area contributed by atoms with Crippen LogP contribution < -0.4 is 5.32 Å². The zero-order chi connectivity index (χ0) is 13.8. The molecule has 2 rings (SSSR count). The molecule has 5 nitrogen and oxygen atoms in total. The first-order valence-corrected chi connectivity index (χ1v) is 6.13. The van der Waals surface area contributed by atoms with Crippen LogP contribution >= 0.6 is 0 Å². The van der Waals surface area contributed by atoms with Gasteiger partial charge in [0.15, 0.2) is 0 Å². The molecule has 0 aliphatic heterocycles. The lowest BCUT2D eigenvalue weighted by molar-refractivity contribution is -0.137. The lowest BCUT2D eigenvalue weighted by Crippen LogP contribution is -2.26. The van der Waals surface area contributed by atoms with Gasteiger partial charge >= 0.3 is 5.97 Å². The molecule has 1 aromatic heterocycles. The van der Waals surface area contributed by atoms with Crippen molar-refractivity contribution < 1.29 is 14.7 Å². The number of aliphatic carboxylic acids is 1. The normalized spacial score (nSPS) is 12.3. The Balaban J connectivity index is 2.30. The summed E-state index contributed by atoms with van der Waals surface area (Å²) in [6.07, 6.45) is 2.22. The van der Waals surface area contributed by atoms with Gasteiger partial charge in [0.2, 0.25) is 5.91 Å². The molecule has 0 aliphatic rings. The minimum absolute atomic E-state index is 0.0183. The van der Waals surface area contributed by atoms with Gasteiger partial charge in [-0.1, -0.05) is 18.2 Å². The molecule has 0 bridgehead atoms. The molecule has 3 N–H and O–H groups in total. The number of carbonyl (C=O) groups excluding carboxylic acids is 1. The zero-order valence-corrected chi connectivity index (χ0v) is 10.6. The van der Waals surface area contributed by atoms with Gasteiger partial charge in [-0.05, 0) is 18.1 Å². The number of hydrogen-bond donors (Lipinski definition) is 3. The van der Waals surface area contributed by atoms with E-state index >= 15 is 0 Å². The minimum atomic E-state index is -0.866. The maximum Gasteiger partial charge on any atom is 0.303 e. The molecule has 0 saturated carbocycles. The highest BCUT2D eigenvalue weighted by atomic mass is 16.4. The summed E-state index contributed by atoms with van der Waals surface area (Å²) in [5.41, 5.74) is 1.90. The number of nitrogens with one attached hydrogen (secondary N) is 2.